The Balaban J connectivity index is 2.28. The number of hydrogen-bond donors (Lipinski definition) is 2. The van der Waals surface area contributed by atoms with Crippen molar-refractivity contribution >= 4 is 40.2 Å². The molecule has 0 amide bonds. The summed E-state index contributed by atoms with van der Waals surface area (Å²) in [5.41, 5.74) is 0.733. The monoisotopic (exact) mass is 324 g/mol. The molecule has 3 aromatic rings. The molecule has 0 radical (unpaired) electrons. The molecule has 0 aliphatic heterocycles. The Kier molecular flexibility index (Phi) is 3.31. The van der Waals surface area contributed by atoms with Gasteiger partial charge in [0, 0.05) is 10.6 Å². The molecule has 0 atom stereocenters. The van der Waals surface area contributed by atoms with Crippen LogP contribution < -0.4 is 0 Å². The molecule has 0 spiro atoms. The van der Waals surface area contributed by atoms with Crippen molar-refractivity contribution in [2.45, 2.75) is 0 Å². The van der Waals surface area contributed by atoms with E-state index in [2.05, 4.69) is 9.97 Å². The van der Waals surface area contributed by atoms with Crippen LogP contribution in [0, 0.1) is 5.82 Å². The summed E-state index contributed by atoms with van der Waals surface area (Å²) in [6.45, 7) is 0. The SMILES string of the molecule is O=C(O)c1cc(F)cc2[nH]c(-c3cc(Cl)ccc3Cl)nc12. The van der Waals surface area contributed by atoms with E-state index in [1.54, 1.807) is 18.2 Å². The highest BCUT2D eigenvalue weighted by atomic mass is 35.5. The van der Waals surface area contributed by atoms with Gasteiger partial charge in [-0.1, -0.05) is 23.2 Å². The number of aromatic carboxylic acids is 1. The fourth-order valence-electron chi connectivity index (χ4n) is 2.05. The number of hydrogen-bond acceptors (Lipinski definition) is 2. The van der Waals surface area contributed by atoms with E-state index in [9.17, 15) is 9.18 Å². The smallest absolute Gasteiger partial charge is 0.338 e. The predicted molar refractivity (Wildman–Crippen MR) is 78.5 cm³/mol. The third kappa shape index (κ3) is 2.46. The average Bonchev–Trinajstić information content (AvgIpc) is 2.83. The molecule has 1 aromatic heterocycles. The number of H-pyrrole nitrogens is 1. The second-order valence-corrected chi connectivity index (χ2v) is 5.21. The van der Waals surface area contributed by atoms with Gasteiger partial charge in [0.15, 0.2) is 0 Å². The number of rotatable bonds is 2. The van der Waals surface area contributed by atoms with Gasteiger partial charge in [0.2, 0.25) is 0 Å². The highest BCUT2D eigenvalue weighted by Crippen LogP contribution is 2.31. The Hall–Kier alpha value is -2.11. The Bertz CT molecular complexity index is 877. The van der Waals surface area contributed by atoms with E-state index in [1.165, 1.54) is 6.07 Å². The van der Waals surface area contributed by atoms with Crippen LogP contribution in [0.3, 0.4) is 0 Å². The number of nitrogens with zero attached hydrogens (tertiary/aromatic N) is 1. The zero-order chi connectivity index (χ0) is 15.1. The van der Waals surface area contributed by atoms with Crippen LogP contribution in [0.5, 0.6) is 0 Å². The first-order valence-electron chi connectivity index (χ1n) is 5.83. The zero-order valence-corrected chi connectivity index (χ0v) is 11.8. The summed E-state index contributed by atoms with van der Waals surface area (Å²) in [4.78, 5) is 18.2. The van der Waals surface area contributed by atoms with Crippen molar-refractivity contribution < 1.29 is 14.3 Å². The van der Waals surface area contributed by atoms with E-state index in [0.717, 1.165) is 6.07 Å². The van der Waals surface area contributed by atoms with E-state index >= 15 is 0 Å². The topological polar surface area (TPSA) is 66.0 Å². The second kappa shape index (κ2) is 5.02. The third-order valence-electron chi connectivity index (χ3n) is 2.97. The van der Waals surface area contributed by atoms with E-state index in [0.29, 0.717) is 21.4 Å². The van der Waals surface area contributed by atoms with Gasteiger partial charge in [-0.05, 0) is 30.3 Å². The van der Waals surface area contributed by atoms with Gasteiger partial charge >= 0.3 is 5.97 Å². The summed E-state index contributed by atoms with van der Waals surface area (Å²) >= 11 is 12.0. The molecule has 0 bridgehead atoms. The number of benzene rings is 2. The van der Waals surface area contributed by atoms with Gasteiger partial charge in [-0.25, -0.2) is 14.2 Å². The summed E-state index contributed by atoms with van der Waals surface area (Å²) in [5.74, 6) is -1.59. The first-order valence-corrected chi connectivity index (χ1v) is 6.59. The minimum Gasteiger partial charge on any atom is -0.478 e. The van der Waals surface area contributed by atoms with Crippen LogP contribution in [-0.4, -0.2) is 21.0 Å². The van der Waals surface area contributed by atoms with Crippen molar-refractivity contribution in [3.8, 4) is 11.4 Å². The summed E-state index contributed by atoms with van der Waals surface area (Å²) in [6.07, 6.45) is 0. The quantitative estimate of drug-likeness (QED) is 0.735. The van der Waals surface area contributed by atoms with Gasteiger partial charge < -0.3 is 10.1 Å². The van der Waals surface area contributed by atoms with Gasteiger partial charge in [0.1, 0.15) is 17.2 Å². The van der Waals surface area contributed by atoms with E-state index in [4.69, 9.17) is 28.3 Å². The molecule has 4 nitrogen and oxygen atoms in total. The highest BCUT2D eigenvalue weighted by Gasteiger charge is 2.17. The van der Waals surface area contributed by atoms with Crippen molar-refractivity contribution in [2.24, 2.45) is 0 Å². The number of nitrogens with one attached hydrogen (secondary N) is 1. The van der Waals surface area contributed by atoms with Crippen LogP contribution in [-0.2, 0) is 0 Å². The molecule has 106 valence electrons. The van der Waals surface area contributed by atoms with Gasteiger partial charge in [-0.3, -0.25) is 0 Å². The lowest BCUT2D eigenvalue weighted by Gasteiger charge is -2.00. The lowest BCUT2D eigenvalue weighted by atomic mass is 10.2. The number of fused-ring (bicyclic) bond motifs is 1. The van der Waals surface area contributed by atoms with Gasteiger partial charge in [0.25, 0.3) is 0 Å². The standard InChI is InChI=1S/C14H7Cl2FN2O2/c15-6-1-2-10(16)8(3-6)13-18-11-5-7(17)4-9(14(20)21)12(11)19-13/h1-5H,(H,18,19)(H,20,21). The first-order chi connectivity index (χ1) is 9.95. The second-order valence-electron chi connectivity index (χ2n) is 4.36. The van der Waals surface area contributed by atoms with Gasteiger partial charge in [0.05, 0.1) is 16.1 Å². The Morgan fingerprint density at radius 1 is 1.24 bits per heavy atom. The minimum atomic E-state index is -1.25. The molecular formula is C14H7Cl2FN2O2. The van der Waals surface area contributed by atoms with Crippen molar-refractivity contribution in [1.82, 2.24) is 9.97 Å². The molecular weight excluding hydrogens is 318 g/mol. The molecule has 7 heteroatoms. The van der Waals surface area contributed by atoms with Crippen molar-refractivity contribution in [1.29, 1.82) is 0 Å². The van der Waals surface area contributed by atoms with E-state index in [1.807, 2.05) is 0 Å². The molecule has 1 heterocycles. The van der Waals surface area contributed by atoms with Crippen LogP contribution in [0.2, 0.25) is 10.0 Å². The Morgan fingerprint density at radius 2 is 2.00 bits per heavy atom. The molecule has 0 aliphatic rings. The normalized spacial score (nSPS) is 11.0. The zero-order valence-electron chi connectivity index (χ0n) is 10.3. The first kappa shape index (κ1) is 13.9. The largest absolute Gasteiger partial charge is 0.478 e. The number of imidazole rings is 1. The lowest BCUT2D eigenvalue weighted by Crippen LogP contribution is -1.98. The fraction of sp³-hybridized carbons (Fsp3) is 0. The van der Waals surface area contributed by atoms with Crippen LogP contribution >= 0.6 is 23.2 Å². The number of carbonyl (C=O) groups is 1. The summed E-state index contributed by atoms with van der Waals surface area (Å²) < 4.78 is 13.5. The van der Waals surface area contributed by atoms with Gasteiger partial charge in [-0.15, -0.1) is 0 Å². The average molecular weight is 325 g/mol. The maximum Gasteiger partial charge on any atom is 0.338 e. The van der Waals surface area contributed by atoms with Crippen LogP contribution in [0.1, 0.15) is 10.4 Å². The number of aromatic nitrogens is 2. The van der Waals surface area contributed by atoms with Crippen LogP contribution in [0.15, 0.2) is 30.3 Å². The number of halogens is 3. The number of carboxylic acid groups (broad SMARTS) is 1. The molecule has 3 rings (SSSR count). The van der Waals surface area contributed by atoms with Crippen LogP contribution in [0.4, 0.5) is 4.39 Å². The van der Waals surface area contributed by atoms with Gasteiger partial charge in [-0.2, -0.15) is 0 Å². The van der Waals surface area contributed by atoms with E-state index < -0.39 is 11.8 Å². The Labute approximate surface area is 128 Å². The molecule has 2 N–H and O–H groups in total. The molecule has 0 saturated heterocycles. The fourth-order valence-corrected chi connectivity index (χ4v) is 2.43. The summed E-state index contributed by atoms with van der Waals surface area (Å²) in [6, 6.07) is 6.92. The van der Waals surface area contributed by atoms with Crippen molar-refractivity contribution in [2.75, 3.05) is 0 Å². The lowest BCUT2D eigenvalue weighted by molar-refractivity contribution is 0.0698. The molecule has 0 fully saturated rings. The molecule has 21 heavy (non-hydrogen) atoms. The van der Waals surface area contributed by atoms with Crippen LogP contribution in [0.25, 0.3) is 22.4 Å². The number of aromatic amines is 1. The Morgan fingerprint density at radius 3 is 2.71 bits per heavy atom. The molecule has 2 aromatic carbocycles. The van der Waals surface area contributed by atoms with Crippen molar-refractivity contribution in [3.63, 3.8) is 0 Å². The molecule has 0 saturated carbocycles. The van der Waals surface area contributed by atoms with E-state index in [-0.39, 0.29) is 16.6 Å². The van der Waals surface area contributed by atoms with Crippen molar-refractivity contribution in [3.05, 3.63) is 51.8 Å². The highest BCUT2D eigenvalue weighted by molar-refractivity contribution is 6.35. The molecule has 0 unspecified atom stereocenters. The predicted octanol–water partition coefficient (Wildman–Crippen LogP) is 4.37. The maximum atomic E-state index is 13.5. The maximum absolute atomic E-state index is 13.5. The summed E-state index contributed by atoms with van der Waals surface area (Å²) in [7, 11) is 0. The molecule has 0 aliphatic carbocycles. The summed E-state index contributed by atoms with van der Waals surface area (Å²) in [5, 5.41) is 9.97. The number of carboxylic acids is 1. The third-order valence-corrected chi connectivity index (χ3v) is 3.53. The minimum absolute atomic E-state index is 0.162.